The number of hydrogen-bond donors (Lipinski definition) is 3. The minimum atomic E-state index is -1.05. The molecule has 208 valence electrons. The molecule has 1 saturated heterocycles. The zero-order valence-corrected chi connectivity index (χ0v) is 23.2. The topological polar surface area (TPSA) is 107 Å². The SMILES string of the molecule is NC1(c2ccc3c(cnn3Cc3cccc(F)c3)c2)N=CNc2ccc(NCCCCN3CC[S+]([O-])CC3)cc21. The molecule has 1 atom stereocenters. The third kappa shape index (κ3) is 5.71. The third-order valence-electron chi connectivity index (χ3n) is 7.72. The van der Waals surface area contributed by atoms with Crippen LogP contribution in [0, 0.1) is 5.82 Å². The standard InChI is InChI=1S/C30H34FN7OS/c31-25-5-3-4-22(16-25)20-38-29-9-6-24(17-23(29)19-36-38)30(32)27-18-26(7-8-28(27)34-21-35-30)33-10-1-2-11-37-12-14-40(39)15-13-37/h3-9,16-19,21,33H,1-2,10-15,20,32H2,(H,34,35). The number of aliphatic imine (C=N–C) groups is 1. The average Bonchev–Trinajstić information content (AvgIpc) is 3.36. The van der Waals surface area contributed by atoms with Gasteiger partial charge in [-0.3, -0.25) is 15.3 Å². The fourth-order valence-corrected chi connectivity index (χ4v) is 6.58. The molecule has 3 aromatic carbocycles. The Morgan fingerprint density at radius 2 is 1.95 bits per heavy atom. The largest absolute Gasteiger partial charge is 0.616 e. The van der Waals surface area contributed by atoms with Crippen molar-refractivity contribution < 1.29 is 8.94 Å². The number of unbranched alkanes of at least 4 members (excludes halogenated alkanes) is 1. The van der Waals surface area contributed by atoms with Crippen LogP contribution in [-0.2, 0) is 23.4 Å². The number of anilines is 2. The number of hydrogen-bond acceptors (Lipinski definition) is 7. The molecule has 0 spiro atoms. The number of halogens is 1. The number of rotatable bonds is 9. The smallest absolute Gasteiger partial charge is 0.163 e. The summed E-state index contributed by atoms with van der Waals surface area (Å²) in [6.45, 7) is 4.28. The van der Waals surface area contributed by atoms with Crippen molar-refractivity contribution >= 4 is 39.8 Å². The van der Waals surface area contributed by atoms with Crippen molar-refractivity contribution in [1.82, 2.24) is 14.7 Å². The van der Waals surface area contributed by atoms with E-state index < -0.39 is 16.8 Å². The Balaban J connectivity index is 1.15. The number of nitrogens with zero attached hydrogens (tertiary/aromatic N) is 4. The fraction of sp³-hybridized carbons (Fsp3) is 0.333. The Bertz CT molecular complexity index is 1520. The second-order valence-electron chi connectivity index (χ2n) is 10.5. The summed E-state index contributed by atoms with van der Waals surface area (Å²) in [5.74, 6) is 1.35. The van der Waals surface area contributed by atoms with Gasteiger partial charge in [0.1, 0.15) is 17.3 Å². The maximum absolute atomic E-state index is 13.7. The molecule has 0 radical (unpaired) electrons. The van der Waals surface area contributed by atoms with Crippen LogP contribution in [0.2, 0.25) is 0 Å². The lowest BCUT2D eigenvalue weighted by Crippen LogP contribution is -2.40. The molecule has 1 fully saturated rings. The molecule has 6 rings (SSSR count). The summed E-state index contributed by atoms with van der Waals surface area (Å²) in [5.41, 5.74) is 11.4. The van der Waals surface area contributed by atoms with Gasteiger partial charge in [0.15, 0.2) is 5.66 Å². The summed E-state index contributed by atoms with van der Waals surface area (Å²) < 4.78 is 27.1. The Morgan fingerprint density at radius 1 is 1.07 bits per heavy atom. The summed E-state index contributed by atoms with van der Waals surface area (Å²) in [7, 11) is 0. The molecule has 0 aliphatic carbocycles. The predicted octanol–water partition coefficient (Wildman–Crippen LogP) is 4.09. The molecular weight excluding hydrogens is 525 g/mol. The summed E-state index contributed by atoms with van der Waals surface area (Å²) in [6.07, 6.45) is 5.62. The first-order valence-electron chi connectivity index (χ1n) is 13.7. The molecule has 1 unspecified atom stereocenters. The van der Waals surface area contributed by atoms with Crippen LogP contribution in [0.25, 0.3) is 10.9 Å². The first kappa shape index (κ1) is 26.8. The van der Waals surface area contributed by atoms with Crippen molar-refractivity contribution in [1.29, 1.82) is 0 Å². The maximum atomic E-state index is 13.7. The minimum absolute atomic E-state index is 0.255. The van der Waals surface area contributed by atoms with Gasteiger partial charge in [0, 0.05) is 42.0 Å². The van der Waals surface area contributed by atoms with Crippen LogP contribution < -0.4 is 16.4 Å². The van der Waals surface area contributed by atoms with E-state index in [9.17, 15) is 8.94 Å². The molecular formula is C30H34FN7OS. The van der Waals surface area contributed by atoms with Crippen molar-refractivity contribution in [3.8, 4) is 0 Å². The first-order chi connectivity index (χ1) is 19.5. The highest BCUT2D eigenvalue weighted by molar-refractivity contribution is 7.91. The van der Waals surface area contributed by atoms with Gasteiger partial charge in [-0.1, -0.05) is 29.4 Å². The molecule has 2 aliphatic heterocycles. The minimum Gasteiger partial charge on any atom is -0.616 e. The Labute approximate surface area is 236 Å². The van der Waals surface area contributed by atoms with E-state index in [0.717, 1.165) is 89.5 Å². The lowest BCUT2D eigenvalue weighted by molar-refractivity contribution is 0.290. The van der Waals surface area contributed by atoms with Crippen LogP contribution >= 0.6 is 0 Å². The Hall–Kier alpha value is -3.44. The van der Waals surface area contributed by atoms with Crippen molar-refractivity contribution in [2.24, 2.45) is 10.7 Å². The molecule has 1 aromatic heterocycles. The highest BCUT2D eigenvalue weighted by Crippen LogP contribution is 2.38. The molecule has 0 bridgehead atoms. The summed E-state index contributed by atoms with van der Waals surface area (Å²) in [6, 6.07) is 18.8. The molecule has 40 heavy (non-hydrogen) atoms. The van der Waals surface area contributed by atoms with Gasteiger partial charge in [0.2, 0.25) is 0 Å². The van der Waals surface area contributed by atoms with Crippen LogP contribution in [0.3, 0.4) is 0 Å². The van der Waals surface area contributed by atoms with E-state index in [1.165, 1.54) is 12.1 Å². The molecule has 0 saturated carbocycles. The van der Waals surface area contributed by atoms with Gasteiger partial charge in [-0.15, -0.1) is 0 Å². The molecule has 3 heterocycles. The molecule has 10 heteroatoms. The van der Waals surface area contributed by atoms with E-state index in [1.807, 2.05) is 41.2 Å². The van der Waals surface area contributed by atoms with Crippen LogP contribution in [0.5, 0.6) is 0 Å². The normalized spacial score (nSPS) is 19.5. The van der Waals surface area contributed by atoms with Gasteiger partial charge in [-0.2, -0.15) is 5.10 Å². The zero-order chi connectivity index (χ0) is 27.5. The van der Waals surface area contributed by atoms with Crippen molar-refractivity contribution in [2.45, 2.75) is 25.0 Å². The maximum Gasteiger partial charge on any atom is 0.163 e. The molecule has 8 nitrogen and oxygen atoms in total. The third-order valence-corrected chi connectivity index (χ3v) is 9.00. The second-order valence-corrected chi connectivity index (χ2v) is 12.2. The average molecular weight is 560 g/mol. The summed E-state index contributed by atoms with van der Waals surface area (Å²) in [5, 5.41) is 12.3. The summed E-state index contributed by atoms with van der Waals surface area (Å²) in [4.78, 5) is 7.10. The quantitative estimate of drug-likeness (QED) is 0.211. The van der Waals surface area contributed by atoms with Gasteiger partial charge in [-0.05, 0) is 73.0 Å². The lowest BCUT2D eigenvalue weighted by atomic mass is 9.89. The van der Waals surface area contributed by atoms with Crippen LogP contribution in [0.15, 0.2) is 71.9 Å². The van der Waals surface area contributed by atoms with Gasteiger partial charge in [0.25, 0.3) is 0 Å². The van der Waals surface area contributed by atoms with E-state index in [1.54, 1.807) is 12.4 Å². The van der Waals surface area contributed by atoms with E-state index in [0.29, 0.717) is 6.54 Å². The fourth-order valence-electron chi connectivity index (χ4n) is 5.45. The van der Waals surface area contributed by atoms with Crippen molar-refractivity contribution in [3.05, 3.63) is 89.4 Å². The van der Waals surface area contributed by atoms with E-state index in [-0.39, 0.29) is 5.82 Å². The van der Waals surface area contributed by atoms with E-state index in [4.69, 9.17) is 5.73 Å². The predicted molar refractivity (Wildman–Crippen MR) is 161 cm³/mol. The van der Waals surface area contributed by atoms with Gasteiger partial charge in [0.05, 0.1) is 24.6 Å². The van der Waals surface area contributed by atoms with E-state index in [2.05, 4.69) is 37.8 Å². The number of nitrogens with one attached hydrogen (secondary N) is 2. The Morgan fingerprint density at radius 3 is 2.80 bits per heavy atom. The van der Waals surface area contributed by atoms with Crippen LogP contribution in [-0.4, -0.2) is 63.3 Å². The van der Waals surface area contributed by atoms with Gasteiger partial charge >= 0.3 is 0 Å². The molecule has 4 aromatic rings. The van der Waals surface area contributed by atoms with Gasteiger partial charge < -0.3 is 15.2 Å². The highest BCUT2D eigenvalue weighted by atomic mass is 32.2. The first-order valence-corrected chi connectivity index (χ1v) is 15.2. The number of aromatic nitrogens is 2. The highest BCUT2D eigenvalue weighted by Gasteiger charge is 2.34. The van der Waals surface area contributed by atoms with Gasteiger partial charge in [-0.25, -0.2) is 9.38 Å². The molecule has 0 amide bonds. The monoisotopic (exact) mass is 559 g/mol. The van der Waals surface area contributed by atoms with Crippen LogP contribution in [0.1, 0.15) is 29.5 Å². The summed E-state index contributed by atoms with van der Waals surface area (Å²) >= 11 is -0.626. The number of nitrogens with two attached hydrogens (primary N) is 1. The van der Waals surface area contributed by atoms with Crippen molar-refractivity contribution in [3.63, 3.8) is 0 Å². The number of benzene rings is 3. The van der Waals surface area contributed by atoms with E-state index >= 15 is 0 Å². The molecule has 2 aliphatic rings. The molecule has 4 N–H and O–H groups in total. The zero-order valence-electron chi connectivity index (χ0n) is 22.4. The lowest BCUT2D eigenvalue weighted by Gasteiger charge is -2.32. The van der Waals surface area contributed by atoms with Crippen molar-refractivity contribution in [2.75, 3.05) is 48.3 Å². The Kier molecular flexibility index (Phi) is 7.75. The van der Waals surface area contributed by atoms with Crippen LogP contribution in [0.4, 0.5) is 15.8 Å². The number of fused-ring (bicyclic) bond motifs is 2. The second kappa shape index (κ2) is 11.6.